The van der Waals surface area contributed by atoms with Gasteiger partial charge in [-0.3, -0.25) is 9.48 Å². The van der Waals surface area contributed by atoms with Crippen molar-refractivity contribution >= 4 is 28.8 Å². The number of hydrogen-bond donors (Lipinski definition) is 3. The van der Waals surface area contributed by atoms with Crippen molar-refractivity contribution in [1.29, 1.82) is 0 Å². The average molecular weight is 357 g/mol. The standard InChI is InChI=1S/C17H19N5O2S/c1-22-10-12(9-20-22)2-3-13-7-14(21-17(18)24)16(25-13)15(23)6-11-4-5-19-8-11/h7,9-11,19H,4-6,8H2,1H3,(H3,18,21,24). The molecule has 3 rings (SSSR count). The van der Waals surface area contributed by atoms with E-state index in [2.05, 4.69) is 27.6 Å². The number of urea groups is 1. The Labute approximate surface area is 149 Å². The number of ketones is 1. The third-order valence-electron chi connectivity index (χ3n) is 3.91. The summed E-state index contributed by atoms with van der Waals surface area (Å²) in [6, 6.07) is 1.00. The maximum absolute atomic E-state index is 12.6. The van der Waals surface area contributed by atoms with Crippen molar-refractivity contribution in [2.45, 2.75) is 12.8 Å². The lowest BCUT2D eigenvalue weighted by Crippen LogP contribution is -2.20. The molecule has 1 saturated heterocycles. The monoisotopic (exact) mass is 357 g/mol. The fraction of sp³-hybridized carbons (Fsp3) is 0.353. The minimum absolute atomic E-state index is 0.0110. The minimum atomic E-state index is -0.693. The zero-order chi connectivity index (χ0) is 17.8. The molecule has 1 aliphatic heterocycles. The van der Waals surface area contributed by atoms with Crippen molar-refractivity contribution in [1.82, 2.24) is 15.1 Å². The lowest BCUT2D eigenvalue weighted by molar-refractivity contribution is 0.0969. The number of aryl methyl sites for hydroxylation is 1. The highest BCUT2D eigenvalue weighted by Crippen LogP contribution is 2.30. The first-order valence-corrected chi connectivity index (χ1v) is 8.78. The summed E-state index contributed by atoms with van der Waals surface area (Å²) in [6.07, 6.45) is 4.92. The molecule has 0 saturated carbocycles. The number of thiophene rings is 1. The predicted molar refractivity (Wildman–Crippen MR) is 96.6 cm³/mol. The van der Waals surface area contributed by atoms with Gasteiger partial charge in [0.1, 0.15) is 0 Å². The summed E-state index contributed by atoms with van der Waals surface area (Å²) in [7, 11) is 1.82. The predicted octanol–water partition coefficient (Wildman–Crippen LogP) is 1.55. The van der Waals surface area contributed by atoms with Crippen LogP contribution in [0.25, 0.3) is 0 Å². The molecular weight excluding hydrogens is 338 g/mol. The summed E-state index contributed by atoms with van der Waals surface area (Å²) >= 11 is 1.28. The molecule has 0 bridgehead atoms. The molecule has 3 heterocycles. The first kappa shape index (κ1) is 17.2. The lowest BCUT2D eigenvalue weighted by atomic mass is 10.0. The highest BCUT2D eigenvalue weighted by atomic mass is 32.1. The maximum atomic E-state index is 12.6. The van der Waals surface area contributed by atoms with E-state index in [9.17, 15) is 9.59 Å². The second-order valence-electron chi connectivity index (χ2n) is 5.98. The van der Waals surface area contributed by atoms with E-state index in [0.717, 1.165) is 25.1 Å². The molecule has 1 atom stereocenters. The van der Waals surface area contributed by atoms with Gasteiger partial charge in [-0.25, -0.2) is 4.79 Å². The van der Waals surface area contributed by atoms with Gasteiger partial charge >= 0.3 is 6.03 Å². The van der Waals surface area contributed by atoms with E-state index in [1.165, 1.54) is 11.3 Å². The summed E-state index contributed by atoms with van der Waals surface area (Å²) in [4.78, 5) is 25.0. The van der Waals surface area contributed by atoms with Crippen molar-refractivity contribution in [3.63, 3.8) is 0 Å². The van der Waals surface area contributed by atoms with E-state index in [0.29, 0.717) is 27.8 Å². The molecule has 1 aliphatic rings. The fourth-order valence-corrected chi connectivity index (χ4v) is 3.66. The molecular formula is C17H19N5O2S. The molecule has 7 nitrogen and oxygen atoms in total. The first-order valence-electron chi connectivity index (χ1n) is 7.96. The number of nitrogens with one attached hydrogen (secondary N) is 2. The second-order valence-corrected chi connectivity index (χ2v) is 7.03. The molecule has 0 aliphatic carbocycles. The molecule has 130 valence electrons. The van der Waals surface area contributed by atoms with Gasteiger partial charge in [-0.05, 0) is 31.5 Å². The van der Waals surface area contributed by atoms with Crippen molar-refractivity contribution in [3.05, 3.63) is 33.8 Å². The van der Waals surface area contributed by atoms with E-state index in [1.54, 1.807) is 16.9 Å². The Hall–Kier alpha value is -2.63. The Morgan fingerprint density at radius 1 is 1.52 bits per heavy atom. The minimum Gasteiger partial charge on any atom is -0.351 e. The zero-order valence-electron chi connectivity index (χ0n) is 13.8. The summed E-state index contributed by atoms with van der Waals surface area (Å²) in [5.74, 6) is 6.36. The highest BCUT2D eigenvalue weighted by Gasteiger charge is 2.23. The number of rotatable bonds is 4. The van der Waals surface area contributed by atoms with Gasteiger partial charge in [0, 0.05) is 19.7 Å². The topological polar surface area (TPSA) is 102 Å². The molecule has 0 aromatic carbocycles. The maximum Gasteiger partial charge on any atom is 0.316 e. The van der Waals surface area contributed by atoms with Crippen molar-refractivity contribution in [2.75, 3.05) is 18.4 Å². The van der Waals surface area contributed by atoms with Crippen molar-refractivity contribution in [3.8, 4) is 11.8 Å². The van der Waals surface area contributed by atoms with Crippen LogP contribution in [-0.4, -0.2) is 34.7 Å². The third kappa shape index (κ3) is 4.47. The van der Waals surface area contributed by atoms with Crippen LogP contribution < -0.4 is 16.4 Å². The number of carbonyl (C=O) groups is 2. The highest BCUT2D eigenvalue weighted by molar-refractivity contribution is 7.15. The smallest absolute Gasteiger partial charge is 0.316 e. The Morgan fingerprint density at radius 3 is 3.00 bits per heavy atom. The Balaban J connectivity index is 1.82. The zero-order valence-corrected chi connectivity index (χ0v) is 14.7. The number of nitrogens with zero attached hydrogens (tertiary/aromatic N) is 2. The third-order valence-corrected chi connectivity index (χ3v) is 5.01. The van der Waals surface area contributed by atoms with Gasteiger partial charge in [0.15, 0.2) is 5.78 Å². The summed E-state index contributed by atoms with van der Waals surface area (Å²) in [6.45, 7) is 1.79. The molecule has 25 heavy (non-hydrogen) atoms. The first-order chi connectivity index (χ1) is 12.0. The van der Waals surface area contributed by atoms with Crippen molar-refractivity contribution < 1.29 is 9.59 Å². The van der Waals surface area contributed by atoms with Gasteiger partial charge in [-0.15, -0.1) is 11.3 Å². The fourth-order valence-electron chi connectivity index (χ4n) is 2.75. The van der Waals surface area contributed by atoms with Crippen LogP contribution in [0.5, 0.6) is 0 Å². The number of carbonyl (C=O) groups excluding carboxylic acids is 2. The van der Waals surface area contributed by atoms with Gasteiger partial charge in [-0.1, -0.05) is 11.8 Å². The molecule has 1 fully saturated rings. The van der Waals surface area contributed by atoms with E-state index >= 15 is 0 Å². The summed E-state index contributed by atoms with van der Waals surface area (Å²) in [5.41, 5.74) is 6.44. The largest absolute Gasteiger partial charge is 0.351 e. The molecule has 1 unspecified atom stereocenters. The number of anilines is 1. The van der Waals surface area contributed by atoms with Crippen molar-refractivity contribution in [2.24, 2.45) is 18.7 Å². The quantitative estimate of drug-likeness (QED) is 0.571. The number of primary amides is 1. The van der Waals surface area contributed by atoms with Crippen LogP contribution in [-0.2, 0) is 7.05 Å². The van der Waals surface area contributed by atoms with Crippen LogP contribution in [0.3, 0.4) is 0 Å². The number of amides is 2. The molecule has 2 amide bonds. The van der Waals surface area contributed by atoms with Gasteiger partial charge in [0.25, 0.3) is 0 Å². The van der Waals surface area contributed by atoms with Crippen LogP contribution in [0.4, 0.5) is 10.5 Å². The molecule has 4 N–H and O–H groups in total. The Morgan fingerprint density at radius 2 is 2.36 bits per heavy atom. The van der Waals surface area contributed by atoms with Gasteiger partial charge in [0.2, 0.25) is 0 Å². The van der Waals surface area contributed by atoms with Crippen LogP contribution in [0.15, 0.2) is 18.5 Å². The molecule has 2 aromatic heterocycles. The van der Waals surface area contributed by atoms with Crippen LogP contribution >= 0.6 is 11.3 Å². The van der Waals surface area contributed by atoms with Gasteiger partial charge < -0.3 is 16.4 Å². The second kappa shape index (κ2) is 7.51. The number of aromatic nitrogens is 2. The van der Waals surface area contributed by atoms with E-state index < -0.39 is 6.03 Å². The van der Waals surface area contributed by atoms with Crippen LogP contribution in [0.1, 0.15) is 33.0 Å². The SMILES string of the molecule is Cn1cc(C#Cc2cc(NC(N)=O)c(C(=O)CC3CCNC3)s2)cn1. The van der Waals surface area contributed by atoms with Crippen LogP contribution in [0, 0.1) is 17.8 Å². The average Bonchev–Trinajstić information content (AvgIpc) is 3.26. The molecule has 0 radical (unpaired) electrons. The van der Waals surface area contributed by atoms with Crippen LogP contribution in [0.2, 0.25) is 0 Å². The van der Waals surface area contributed by atoms with E-state index in [-0.39, 0.29) is 5.78 Å². The number of nitrogens with two attached hydrogens (primary N) is 1. The molecule has 0 spiro atoms. The van der Waals surface area contributed by atoms with E-state index in [4.69, 9.17) is 5.73 Å². The Bertz CT molecular complexity index is 852. The molecule has 8 heteroatoms. The lowest BCUT2D eigenvalue weighted by Gasteiger charge is -2.07. The normalized spacial score (nSPS) is 16.3. The Kier molecular flexibility index (Phi) is 5.16. The number of Topliss-reactive ketones (excluding diaryl/α,β-unsaturated/α-hetero) is 1. The van der Waals surface area contributed by atoms with Gasteiger partial charge in [0.05, 0.1) is 27.2 Å². The summed E-state index contributed by atoms with van der Waals surface area (Å²) in [5, 5.41) is 9.84. The van der Waals surface area contributed by atoms with E-state index in [1.807, 2.05) is 13.2 Å². The molecule has 2 aromatic rings. The summed E-state index contributed by atoms with van der Waals surface area (Å²) < 4.78 is 1.67. The number of hydrogen-bond acceptors (Lipinski definition) is 5. The van der Waals surface area contributed by atoms with Gasteiger partial charge in [-0.2, -0.15) is 5.10 Å².